The predicted molar refractivity (Wildman–Crippen MR) is 90.7 cm³/mol. The first kappa shape index (κ1) is 15.9. The van der Waals surface area contributed by atoms with Gasteiger partial charge >= 0.3 is 0 Å². The largest absolute Gasteiger partial charge is 0.472 e. The van der Waals surface area contributed by atoms with Gasteiger partial charge in [-0.1, -0.05) is 6.07 Å². The van der Waals surface area contributed by atoms with Gasteiger partial charge in [-0.25, -0.2) is 0 Å². The lowest BCUT2D eigenvalue weighted by Gasteiger charge is -2.39. The van der Waals surface area contributed by atoms with Crippen molar-refractivity contribution in [3.05, 3.63) is 53.7 Å². The fourth-order valence-electron chi connectivity index (χ4n) is 4.02. The van der Waals surface area contributed by atoms with E-state index in [1.54, 1.807) is 6.07 Å². The minimum absolute atomic E-state index is 0.00997. The van der Waals surface area contributed by atoms with Gasteiger partial charge in [0.25, 0.3) is 5.91 Å². The molecule has 2 aliphatic heterocycles. The fraction of sp³-hybridized carbons (Fsp3) is 0.421. The molecule has 0 radical (unpaired) electrons. The first-order valence-electron chi connectivity index (χ1n) is 8.68. The van der Waals surface area contributed by atoms with E-state index in [1.165, 1.54) is 12.5 Å². The molecule has 0 spiro atoms. The van der Waals surface area contributed by atoms with Crippen molar-refractivity contribution in [2.24, 2.45) is 0 Å². The standard InChI is InChI=1S/C19H21N3O3/c1-13-3-2-4-15(20-13)11-22-17-7-9-21(16(17)5-6-18(22)23)19(24)14-8-10-25-12-14/h2-4,8,10,12,16-17H,5-7,9,11H2,1H3. The zero-order valence-electron chi connectivity index (χ0n) is 14.2. The zero-order chi connectivity index (χ0) is 17.4. The Bertz CT molecular complexity index is 787. The average molecular weight is 339 g/mol. The van der Waals surface area contributed by atoms with Crippen LogP contribution in [0.15, 0.2) is 41.2 Å². The minimum Gasteiger partial charge on any atom is -0.472 e. The van der Waals surface area contributed by atoms with Crippen LogP contribution in [0.2, 0.25) is 0 Å². The molecule has 2 unspecified atom stereocenters. The van der Waals surface area contributed by atoms with E-state index >= 15 is 0 Å². The molecule has 0 aromatic carbocycles. The average Bonchev–Trinajstić information content (AvgIpc) is 3.26. The zero-order valence-corrected chi connectivity index (χ0v) is 14.2. The molecule has 2 saturated heterocycles. The first-order chi connectivity index (χ1) is 12.1. The lowest BCUT2D eigenvalue weighted by Crippen LogP contribution is -2.52. The number of hydrogen-bond acceptors (Lipinski definition) is 4. The monoisotopic (exact) mass is 339 g/mol. The highest BCUT2D eigenvalue weighted by atomic mass is 16.3. The summed E-state index contributed by atoms with van der Waals surface area (Å²) in [7, 11) is 0. The summed E-state index contributed by atoms with van der Waals surface area (Å²) in [5, 5.41) is 0. The van der Waals surface area contributed by atoms with Crippen LogP contribution in [-0.4, -0.2) is 45.2 Å². The van der Waals surface area contributed by atoms with Gasteiger partial charge in [0.05, 0.1) is 36.1 Å². The maximum atomic E-state index is 12.7. The molecule has 2 aromatic rings. The highest BCUT2D eigenvalue weighted by molar-refractivity contribution is 5.94. The SMILES string of the molecule is Cc1cccc(CN2C(=O)CCC3C2CCN3C(=O)c2ccoc2)n1. The molecule has 2 atom stereocenters. The number of carbonyl (C=O) groups is 2. The number of hydrogen-bond donors (Lipinski definition) is 0. The molecule has 6 heteroatoms. The molecule has 25 heavy (non-hydrogen) atoms. The Kier molecular flexibility index (Phi) is 4.03. The fourth-order valence-corrected chi connectivity index (χ4v) is 4.02. The van der Waals surface area contributed by atoms with Crippen LogP contribution < -0.4 is 0 Å². The van der Waals surface area contributed by atoms with Gasteiger partial charge in [-0.2, -0.15) is 0 Å². The quantitative estimate of drug-likeness (QED) is 0.861. The molecular weight excluding hydrogens is 318 g/mol. The highest BCUT2D eigenvalue weighted by Gasteiger charge is 2.45. The number of likely N-dealkylation sites (tertiary alicyclic amines) is 2. The molecule has 0 N–H and O–H groups in total. The van der Waals surface area contributed by atoms with Gasteiger partial charge in [0.2, 0.25) is 5.91 Å². The summed E-state index contributed by atoms with van der Waals surface area (Å²) in [5.41, 5.74) is 2.42. The van der Waals surface area contributed by atoms with Gasteiger partial charge < -0.3 is 14.2 Å². The molecule has 2 fully saturated rings. The summed E-state index contributed by atoms with van der Waals surface area (Å²) in [6, 6.07) is 7.70. The number of furan rings is 1. The van der Waals surface area contributed by atoms with Crippen molar-refractivity contribution in [1.29, 1.82) is 0 Å². The van der Waals surface area contributed by atoms with Gasteiger partial charge in [0.1, 0.15) is 6.26 Å². The number of carbonyl (C=O) groups excluding carboxylic acids is 2. The van der Waals surface area contributed by atoms with Crippen molar-refractivity contribution in [2.75, 3.05) is 6.54 Å². The van der Waals surface area contributed by atoms with Crippen molar-refractivity contribution < 1.29 is 14.0 Å². The normalized spacial score (nSPS) is 23.0. The Morgan fingerprint density at radius 1 is 1.28 bits per heavy atom. The van der Waals surface area contributed by atoms with E-state index in [0.717, 1.165) is 24.2 Å². The second-order valence-electron chi connectivity index (χ2n) is 6.76. The van der Waals surface area contributed by atoms with Crippen LogP contribution in [0.5, 0.6) is 0 Å². The third-order valence-corrected chi connectivity index (χ3v) is 5.19. The number of pyridine rings is 1. The van der Waals surface area contributed by atoms with Crippen LogP contribution in [-0.2, 0) is 11.3 Å². The minimum atomic E-state index is -0.00997. The van der Waals surface area contributed by atoms with Crippen LogP contribution in [0.1, 0.15) is 41.0 Å². The van der Waals surface area contributed by atoms with Gasteiger partial charge in [0, 0.05) is 18.7 Å². The van der Waals surface area contributed by atoms with Gasteiger partial charge in [-0.15, -0.1) is 0 Å². The molecule has 6 nitrogen and oxygen atoms in total. The molecule has 130 valence electrons. The van der Waals surface area contributed by atoms with Gasteiger partial charge in [-0.05, 0) is 38.0 Å². The predicted octanol–water partition coefficient (Wildman–Crippen LogP) is 2.39. The lowest BCUT2D eigenvalue weighted by molar-refractivity contribution is -0.138. The highest BCUT2D eigenvalue weighted by Crippen LogP contribution is 2.33. The summed E-state index contributed by atoms with van der Waals surface area (Å²) in [4.78, 5) is 33.6. The maximum Gasteiger partial charge on any atom is 0.257 e. The van der Waals surface area contributed by atoms with Crippen molar-refractivity contribution >= 4 is 11.8 Å². The number of aromatic nitrogens is 1. The Morgan fingerprint density at radius 3 is 2.92 bits per heavy atom. The van der Waals surface area contributed by atoms with Crippen molar-refractivity contribution in [3.8, 4) is 0 Å². The van der Waals surface area contributed by atoms with E-state index in [2.05, 4.69) is 4.98 Å². The van der Waals surface area contributed by atoms with E-state index in [0.29, 0.717) is 25.1 Å². The Labute approximate surface area is 146 Å². The van der Waals surface area contributed by atoms with Crippen LogP contribution in [0.25, 0.3) is 0 Å². The molecule has 0 saturated carbocycles. The molecule has 0 aliphatic carbocycles. The number of amides is 2. The van der Waals surface area contributed by atoms with E-state index in [4.69, 9.17) is 4.42 Å². The van der Waals surface area contributed by atoms with Crippen LogP contribution >= 0.6 is 0 Å². The van der Waals surface area contributed by atoms with E-state index < -0.39 is 0 Å². The summed E-state index contributed by atoms with van der Waals surface area (Å²) in [6.45, 7) is 3.13. The molecular formula is C19H21N3O3. The Morgan fingerprint density at radius 2 is 2.16 bits per heavy atom. The second kappa shape index (κ2) is 6.35. The smallest absolute Gasteiger partial charge is 0.257 e. The van der Waals surface area contributed by atoms with Gasteiger partial charge in [-0.3, -0.25) is 14.6 Å². The summed E-state index contributed by atoms with van der Waals surface area (Å²) < 4.78 is 5.04. The van der Waals surface area contributed by atoms with Crippen LogP contribution in [0.4, 0.5) is 0 Å². The first-order valence-corrected chi connectivity index (χ1v) is 8.68. The molecule has 2 amide bonds. The van der Waals surface area contributed by atoms with E-state index in [-0.39, 0.29) is 23.9 Å². The Balaban J connectivity index is 1.54. The van der Waals surface area contributed by atoms with Crippen molar-refractivity contribution in [1.82, 2.24) is 14.8 Å². The Hall–Kier alpha value is -2.63. The van der Waals surface area contributed by atoms with Gasteiger partial charge in [0.15, 0.2) is 0 Å². The van der Waals surface area contributed by atoms with Crippen molar-refractivity contribution in [3.63, 3.8) is 0 Å². The topological polar surface area (TPSA) is 66.7 Å². The third-order valence-electron chi connectivity index (χ3n) is 5.19. The maximum absolute atomic E-state index is 12.7. The molecule has 2 aromatic heterocycles. The number of nitrogens with zero attached hydrogens (tertiary/aromatic N) is 3. The molecule has 4 rings (SSSR count). The number of fused-ring (bicyclic) bond motifs is 1. The third kappa shape index (κ3) is 2.92. The van der Waals surface area contributed by atoms with Crippen LogP contribution in [0.3, 0.4) is 0 Å². The second-order valence-corrected chi connectivity index (χ2v) is 6.76. The molecule has 4 heterocycles. The summed E-state index contributed by atoms with van der Waals surface area (Å²) in [5.74, 6) is 0.145. The molecule has 2 aliphatic rings. The molecule has 0 bridgehead atoms. The number of piperidine rings is 1. The van der Waals surface area contributed by atoms with Crippen LogP contribution in [0, 0.1) is 6.92 Å². The summed E-state index contributed by atoms with van der Waals surface area (Å²) in [6.07, 6.45) is 5.01. The summed E-state index contributed by atoms with van der Waals surface area (Å²) >= 11 is 0. The number of aryl methyl sites for hydroxylation is 1. The van der Waals surface area contributed by atoms with E-state index in [9.17, 15) is 9.59 Å². The lowest BCUT2D eigenvalue weighted by atomic mass is 9.95. The van der Waals surface area contributed by atoms with Crippen molar-refractivity contribution in [2.45, 2.75) is 44.8 Å². The number of rotatable bonds is 3. The van der Waals surface area contributed by atoms with E-state index in [1.807, 2.05) is 34.9 Å².